The van der Waals surface area contributed by atoms with Gasteiger partial charge in [0.15, 0.2) is 6.29 Å². The largest absolute Gasteiger partial charge is 0.385 e. The first-order valence-electron chi connectivity index (χ1n) is 2.84. The Morgan fingerprint density at radius 3 is 2.17 bits per heavy atom. The van der Waals surface area contributed by atoms with Gasteiger partial charge in [-0.15, -0.1) is 12.4 Å². The normalized spacial score (nSPS) is 10.2. The van der Waals surface area contributed by atoms with Gasteiger partial charge >= 0.3 is 0 Å². The van der Waals surface area contributed by atoms with E-state index >= 15 is 0 Å². The average molecular weight is 198 g/mol. The van der Waals surface area contributed by atoms with E-state index in [2.05, 4.69) is 0 Å². The van der Waals surface area contributed by atoms with Crippen LogP contribution in [-0.2, 0) is 14.4 Å². The summed E-state index contributed by atoms with van der Waals surface area (Å²) >= 11 is 0. The Morgan fingerprint density at radius 1 is 1.50 bits per heavy atom. The van der Waals surface area contributed by atoms with Gasteiger partial charge in [0.25, 0.3) is 5.78 Å². The standard InChI is InChI=1S/C6H8O4.ClH.H3N/c1-2-4(8)6(10)5(9)3-7;;/h3-4,8H,2H2,1H3;1H;1H3. The van der Waals surface area contributed by atoms with Crippen LogP contribution < -0.4 is 6.15 Å². The molecule has 0 rings (SSSR count). The van der Waals surface area contributed by atoms with Gasteiger partial charge < -0.3 is 11.3 Å². The number of aliphatic hydroxyl groups is 1. The quantitative estimate of drug-likeness (QED) is 0.365. The molecule has 0 fully saturated rings. The van der Waals surface area contributed by atoms with Crippen molar-refractivity contribution in [1.82, 2.24) is 6.15 Å². The summed E-state index contributed by atoms with van der Waals surface area (Å²) in [5.74, 6) is -2.20. The molecular weight excluding hydrogens is 186 g/mol. The minimum Gasteiger partial charge on any atom is -0.385 e. The monoisotopic (exact) mass is 197 g/mol. The molecule has 6 heteroatoms. The highest BCUT2D eigenvalue weighted by molar-refractivity contribution is 6.58. The minimum absolute atomic E-state index is 0. The van der Waals surface area contributed by atoms with Crippen LogP contribution in [0.3, 0.4) is 0 Å². The molecule has 0 aliphatic heterocycles. The van der Waals surface area contributed by atoms with Crippen molar-refractivity contribution < 1.29 is 19.5 Å². The van der Waals surface area contributed by atoms with Crippen LogP contribution in [0.5, 0.6) is 0 Å². The summed E-state index contributed by atoms with van der Waals surface area (Å²) in [7, 11) is 0. The highest BCUT2D eigenvalue weighted by Crippen LogP contribution is 1.91. The fraction of sp³-hybridized carbons (Fsp3) is 0.500. The highest BCUT2D eigenvalue weighted by Gasteiger charge is 2.19. The maximum Gasteiger partial charge on any atom is 0.263 e. The van der Waals surface area contributed by atoms with E-state index in [-0.39, 0.29) is 31.3 Å². The fourth-order valence-corrected chi connectivity index (χ4v) is 0.408. The fourth-order valence-electron chi connectivity index (χ4n) is 0.408. The Labute approximate surface area is 76.1 Å². The average Bonchev–Trinajstić information content (AvgIpc) is 2.00. The molecule has 0 aromatic rings. The van der Waals surface area contributed by atoms with Crippen molar-refractivity contribution in [3.8, 4) is 0 Å². The lowest BCUT2D eigenvalue weighted by Gasteiger charge is -1.99. The van der Waals surface area contributed by atoms with Gasteiger partial charge in [-0.25, -0.2) is 0 Å². The van der Waals surface area contributed by atoms with Crippen LogP contribution in [-0.4, -0.2) is 29.1 Å². The third-order valence-electron chi connectivity index (χ3n) is 1.04. The second kappa shape index (κ2) is 8.32. The number of ketones is 2. The lowest BCUT2D eigenvalue weighted by Crippen LogP contribution is -2.28. The molecule has 0 aromatic heterocycles. The number of halogens is 1. The first-order valence-corrected chi connectivity index (χ1v) is 2.84. The summed E-state index contributed by atoms with van der Waals surface area (Å²) in [5.41, 5.74) is 0. The molecule has 0 aromatic carbocycles. The zero-order valence-electron chi connectivity index (χ0n) is 6.65. The van der Waals surface area contributed by atoms with Crippen LogP contribution in [0, 0.1) is 0 Å². The van der Waals surface area contributed by atoms with Crippen molar-refractivity contribution in [3.63, 3.8) is 0 Å². The molecule has 0 heterocycles. The number of aldehydes is 1. The van der Waals surface area contributed by atoms with Crippen molar-refractivity contribution in [2.75, 3.05) is 0 Å². The lowest BCUT2D eigenvalue weighted by molar-refractivity contribution is -0.144. The van der Waals surface area contributed by atoms with Crippen LogP contribution in [0.2, 0.25) is 0 Å². The van der Waals surface area contributed by atoms with Crippen molar-refractivity contribution in [3.05, 3.63) is 0 Å². The van der Waals surface area contributed by atoms with Crippen molar-refractivity contribution in [1.29, 1.82) is 0 Å². The molecule has 5 nitrogen and oxygen atoms in total. The molecule has 0 bridgehead atoms. The highest BCUT2D eigenvalue weighted by atomic mass is 35.5. The second-order valence-electron chi connectivity index (χ2n) is 1.77. The molecule has 4 N–H and O–H groups in total. The number of Topliss-reactive ketones (excluding diaryl/α,β-unsaturated/α-hetero) is 2. The zero-order valence-corrected chi connectivity index (χ0v) is 7.47. The smallest absolute Gasteiger partial charge is 0.263 e. The minimum atomic E-state index is -1.32. The summed E-state index contributed by atoms with van der Waals surface area (Å²) in [6, 6.07) is 0. The number of hydrogen-bond acceptors (Lipinski definition) is 5. The molecule has 1 unspecified atom stereocenters. The van der Waals surface area contributed by atoms with E-state index in [1.165, 1.54) is 0 Å². The Morgan fingerprint density at radius 2 is 1.92 bits per heavy atom. The molecule has 0 spiro atoms. The van der Waals surface area contributed by atoms with E-state index in [1.807, 2.05) is 0 Å². The molecule has 0 aliphatic rings. The molecule has 0 radical (unpaired) electrons. The van der Waals surface area contributed by atoms with E-state index in [1.54, 1.807) is 6.92 Å². The van der Waals surface area contributed by atoms with Gasteiger partial charge in [0, 0.05) is 0 Å². The maximum atomic E-state index is 10.5. The van der Waals surface area contributed by atoms with Crippen LogP contribution in [0.1, 0.15) is 13.3 Å². The summed E-state index contributed by atoms with van der Waals surface area (Å²) in [6.45, 7) is 1.54. The van der Waals surface area contributed by atoms with Gasteiger partial charge in [0.1, 0.15) is 6.10 Å². The van der Waals surface area contributed by atoms with Crippen LogP contribution in [0.25, 0.3) is 0 Å². The van der Waals surface area contributed by atoms with Gasteiger partial charge in [-0.05, 0) is 6.42 Å². The number of hydrogen-bond donors (Lipinski definition) is 2. The maximum absolute atomic E-state index is 10.5. The third kappa shape index (κ3) is 4.95. The zero-order chi connectivity index (χ0) is 8.15. The molecule has 0 saturated carbocycles. The third-order valence-corrected chi connectivity index (χ3v) is 1.04. The van der Waals surface area contributed by atoms with E-state index in [0.29, 0.717) is 0 Å². The van der Waals surface area contributed by atoms with Crippen molar-refractivity contribution in [2.45, 2.75) is 19.4 Å². The van der Waals surface area contributed by atoms with E-state index in [0.717, 1.165) is 0 Å². The van der Waals surface area contributed by atoms with Gasteiger partial charge in [0.05, 0.1) is 0 Å². The Hall–Kier alpha value is -0.780. The van der Waals surface area contributed by atoms with Crippen molar-refractivity contribution >= 4 is 30.3 Å². The first kappa shape index (κ1) is 17.3. The van der Waals surface area contributed by atoms with Gasteiger partial charge in [-0.1, -0.05) is 6.92 Å². The summed E-state index contributed by atoms with van der Waals surface area (Å²) < 4.78 is 0. The molecule has 72 valence electrons. The molecule has 12 heavy (non-hydrogen) atoms. The molecule has 0 saturated heterocycles. The summed E-state index contributed by atoms with van der Waals surface area (Å²) in [5, 5.41) is 8.70. The molecule has 1 atom stereocenters. The van der Waals surface area contributed by atoms with Gasteiger partial charge in [0.2, 0.25) is 5.78 Å². The predicted molar refractivity (Wildman–Crippen MR) is 44.6 cm³/mol. The first-order chi connectivity index (χ1) is 4.63. The van der Waals surface area contributed by atoms with Crippen LogP contribution in [0.15, 0.2) is 0 Å². The van der Waals surface area contributed by atoms with Crippen LogP contribution in [0.4, 0.5) is 0 Å². The van der Waals surface area contributed by atoms with Gasteiger partial charge in [-0.2, -0.15) is 0 Å². The Kier molecular flexibility index (Phi) is 12.0. The van der Waals surface area contributed by atoms with E-state index in [9.17, 15) is 14.4 Å². The molecule has 0 aliphatic carbocycles. The lowest BCUT2D eigenvalue weighted by atomic mass is 10.1. The summed E-state index contributed by atoms with van der Waals surface area (Å²) in [6.07, 6.45) is -1.27. The number of aliphatic hydroxyl groups excluding tert-OH is 1. The van der Waals surface area contributed by atoms with E-state index in [4.69, 9.17) is 5.11 Å². The van der Waals surface area contributed by atoms with Gasteiger partial charge in [-0.3, -0.25) is 14.4 Å². The Balaban J connectivity index is -0.000000405. The number of carbonyl (C=O) groups excluding carboxylic acids is 3. The number of carbonyl (C=O) groups is 3. The SMILES string of the molecule is CCC(O)C(=O)C(=O)C=O.Cl.N. The summed E-state index contributed by atoms with van der Waals surface area (Å²) in [4.78, 5) is 30.4. The predicted octanol–water partition coefficient (Wildman–Crippen LogP) is -0.322. The Bertz CT molecular complexity index is 171. The second-order valence-corrected chi connectivity index (χ2v) is 1.77. The van der Waals surface area contributed by atoms with E-state index < -0.39 is 17.7 Å². The molecule has 0 amide bonds. The molecular formula is C6H12ClNO4. The van der Waals surface area contributed by atoms with Crippen molar-refractivity contribution in [2.24, 2.45) is 0 Å². The number of rotatable bonds is 4. The topological polar surface area (TPSA) is 106 Å². The van der Waals surface area contributed by atoms with Crippen LogP contribution >= 0.6 is 12.4 Å².